The molecule has 8 heteroatoms. The second kappa shape index (κ2) is 9.00. The lowest BCUT2D eigenvalue weighted by Gasteiger charge is -2.21. The molecule has 0 atom stereocenters. The van der Waals surface area contributed by atoms with Crippen molar-refractivity contribution in [3.8, 4) is 5.75 Å². The number of anilines is 1. The fourth-order valence-corrected chi connectivity index (χ4v) is 3.01. The third-order valence-corrected chi connectivity index (χ3v) is 4.68. The smallest absolute Gasteiger partial charge is 0.239 e. The Morgan fingerprint density at radius 2 is 1.92 bits per heavy atom. The average molecular weight is 357 g/mol. The molecule has 0 saturated heterocycles. The van der Waals surface area contributed by atoms with Gasteiger partial charge in [0.2, 0.25) is 15.9 Å². The number of ether oxygens (including phenoxy) is 1. The fourth-order valence-electron chi connectivity index (χ4n) is 2.19. The lowest BCUT2D eigenvalue weighted by atomic mass is 10.2. The van der Waals surface area contributed by atoms with E-state index in [0.29, 0.717) is 24.4 Å². The number of methoxy groups -OCH3 is 1. The number of nitrogens with zero attached hydrogens (tertiary/aromatic N) is 2. The van der Waals surface area contributed by atoms with Crippen LogP contribution < -0.4 is 10.1 Å². The molecule has 0 aliphatic heterocycles. The van der Waals surface area contributed by atoms with Gasteiger partial charge in [-0.25, -0.2) is 8.42 Å². The Hall–Kier alpha value is -1.64. The van der Waals surface area contributed by atoms with Gasteiger partial charge in [0.05, 0.1) is 25.6 Å². The van der Waals surface area contributed by atoms with Crippen molar-refractivity contribution in [2.24, 2.45) is 0 Å². The molecule has 1 rings (SSSR count). The van der Waals surface area contributed by atoms with E-state index in [2.05, 4.69) is 5.32 Å². The maximum atomic E-state index is 12.3. The maximum Gasteiger partial charge on any atom is 0.239 e. The highest BCUT2D eigenvalue weighted by Crippen LogP contribution is 2.25. The number of amides is 1. The van der Waals surface area contributed by atoms with Crippen LogP contribution in [0.4, 0.5) is 5.69 Å². The minimum Gasteiger partial charge on any atom is -0.495 e. The standard InChI is InChI=1S/C16H27N3O4S/c1-13-7-8-15(23-4)14(11-13)17-16(20)12-19(24(5,21)22)10-6-9-18(2)3/h7-8,11H,6,9-10,12H2,1-5H3,(H,17,20). The summed E-state index contributed by atoms with van der Waals surface area (Å²) in [6.45, 7) is 2.73. The molecule has 1 N–H and O–H groups in total. The Morgan fingerprint density at radius 1 is 1.25 bits per heavy atom. The molecule has 0 radical (unpaired) electrons. The molecule has 0 bridgehead atoms. The summed E-state index contributed by atoms with van der Waals surface area (Å²) in [4.78, 5) is 14.2. The van der Waals surface area contributed by atoms with Gasteiger partial charge in [-0.15, -0.1) is 0 Å². The zero-order chi connectivity index (χ0) is 18.3. The molecule has 1 aromatic carbocycles. The third kappa shape index (κ3) is 6.86. The molecular formula is C16H27N3O4S. The molecule has 0 heterocycles. The van der Waals surface area contributed by atoms with E-state index < -0.39 is 15.9 Å². The van der Waals surface area contributed by atoms with Gasteiger partial charge in [0.1, 0.15) is 5.75 Å². The zero-order valence-corrected chi connectivity index (χ0v) is 15.8. The maximum absolute atomic E-state index is 12.3. The van der Waals surface area contributed by atoms with Crippen molar-refractivity contribution < 1.29 is 17.9 Å². The Kier molecular flexibility index (Phi) is 7.65. The Labute approximate surface area is 144 Å². The van der Waals surface area contributed by atoms with Crippen molar-refractivity contribution >= 4 is 21.6 Å². The molecule has 0 fully saturated rings. The number of sulfonamides is 1. The molecule has 0 aliphatic rings. The van der Waals surface area contributed by atoms with Crippen molar-refractivity contribution in [3.05, 3.63) is 23.8 Å². The molecule has 0 saturated carbocycles. The normalized spacial score (nSPS) is 11.8. The number of hydrogen-bond donors (Lipinski definition) is 1. The van der Waals surface area contributed by atoms with Crippen LogP contribution in [0.1, 0.15) is 12.0 Å². The summed E-state index contributed by atoms with van der Waals surface area (Å²) in [5, 5.41) is 2.72. The molecule has 7 nitrogen and oxygen atoms in total. The van der Waals surface area contributed by atoms with Crippen molar-refractivity contribution in [3.63, 3.8) is 0 Å². The van der Waals surface area contributed by atoms with E-state index in [-0.39, 0.29) is 6.54 Å². The van der Waals surface area contributed by atoms with E-state index in [1.807, 2.05) is 32.0 Å². The van der Waals surface area contributed by atoms with E-state index in [9.17, 15) is 13.2 Å². The monoisotopic (exact) mass is 357 g/mol. The minimum absolute atomic E-state index is 0.219. The number of carbonyl (C=O) groups is 1. The summed E-state index contributed by atoms with van der Waals surface area (Å²) >= 11 is 0. The second-order valence-corrected chi connectivity index (χ2v) is 7.99. The van der Waals surface area contributed by atoms with Gasteiger partial charge >= 0.3 is 0 Å². The third-order valence-electron chi connectivity index (χ3n) is 3.43. The zero-order valence-electron chi connectivity index (χ0n) is 15.0. The van der Waals surface area contributed by atoms with Crippen LogP contribution in [0, 0.1) is 6.92 Å². The molecule has 0 unspecified atom stereocenters. The van der Waals surface area contributed by atoms with E-state index in [1.165, 1.54) is 11.4 Å². The predicted molar refractivity (Wildman–Crippen MR) is 95.9 cm³/mol. The highest BCUT2D eigenvalue weighted by atomic mass is 32.2. The van der Waals surface area contributed by atoms with Crippen molar-refractivity contribution in [1.82, 2.24) is 9.21 Å². The SMILES string of the molecule is COc1ccc(C)cc1NC(=O)CN(CCCN(C)C)S(C)(=O)=O. The van der Waals surface area contributed by atoms with E-state index in [0.717, 1.165) is 18.4 Å². The number of carbonyl (C=O) groups excluding carboxylic acids is 1. The Bertz CT molecular complexity index is 659. The summed E-state index contributed by atoms with van der Waals surface area (Å²) in [7, 11) is 1.90. The average Bonchev–Trinajstić information content (AvgIpc) is 2.45. The number of aryl methyl sites for hydroxylation is 1. The van der Waals surface area contributed by atoms with Crippen LogP contribution in [0.15, 0.2) is 18.2 Å². The molecule has 1 aromatic rings. The van der Waals surface area contributed by atoms with E-state index >= 15 is 0 Å². The molecule has 1 amide bonds. The van der Waals surface area contributed by atoms with Gasteiger partial charge in [-0.3, -0.25) is 4.79 Å². The molecule has 24 heavy (non-hydrogen) atoms. The van der Waals surface area contributed by atoms with Gasteiger partial charge in [0, 0.05) is 6.54 Å². The topological polar surface area (TPSA) is 79.0 Å². The first-order valence-corrected chi connectivity index (χ1v) is 9.52. The largest absolute Gasteiger partial charge is 0.495 e. The van der Waals surface area contributed by atoms with E-state index in [1.54, 1.807) is 12.1 Å². The number of rotatable bonds is 9. The highest BCUT2D eigenvalue weighted by molar-refractivity contribution is 7.88. The van der Waals surface area contributed by atoms with Crippen molar-refractivity contribution in [1.29, 1.82) is 0 Å². The van der Waals surface area contributed by atoms with Crippen LogP contribution >= 0.6 is 0 Å². The first-order chi connectivity index (χ1) is 11.1. The summed E-state index contributed by atoms with van der Waals surface area (Å²) < 4.78 is 30.2. The first-order valence-electron chi connectivity index (χ1n) is 7.68. The fraction of sp³-hybridized carbons (Fsp3) is 0.562. The quantitative estimate of drug-likeness (QED) is 0.717. The number of hydrogen-bond acceptors (Lipinski definition) is 5. The van der Waals surface area contributed by atoms with Gasteiger partial charge in [-0.05, 0) is 51.7 Å². The van der Waals surface area contributed by atoms with Gasteiger partial charge in [0.15, 0.2) is 0 Å². The second-order valence-electron chi connectivity index (χ2n) is 6.01. The van der Waals surface area contributed by atoms with E-state index in [4.69, 9.17) is 4.74 Å². The van der Waals surface area contributed by atoms with Crippen LogP contribution in [-0.2, 0) is 14.8 Å². The molecule has 0 aliphatic carbocycles. The van der Waals surface area contributed by atoms with Gasteiger partial charge < -0.3 is 15.0 Å². The predicted octanol–water partition coefficient (Wildman–Crippen LogP) is 1.16. The summed E-state index contributed by atoms with van der Waals surface area (Å²) in [6, 6.07) is 5.42. The lowest BCUT2D eigenvalue weighted by Crippen LogP contribution is -2.38. The van der Waals surface area contributed by atoms with Crippen LogP contribution in [0.3, 0.4) is 0 Å². The highest BCUT2D eigenvalue weighted by Gasteiger charge is 2.20. The summed E-state index contributed by atoms with van der Waals surface area (Å²) in [6.07, 6.45) is 1.77. The number of nitrogens with one attached hydrogen (secondary N) is 1. The van der Waals surface area contributed by atoms with Crippen LogP contribution in [0.5, 0.6) is 5.75 Å². The number of benzene rings is 1. The summed E-state index contributed by atoms with van der Waals surface area (Å²) in [5.41, 5.74) is 1.50. The van der Waals surface area contributed by atoms with Gasteiger partial charge in [-0.2, -0.15) is 4.31 Å². The summed E-state index contributed by atoms with van der Waals surface area (Å²) in [5.74, 6) is 0.140. The van der Waals surface area contributed by atoms with Crippen LogP contribution in [-0.4, -0.2) is 70.6 Å². The lowest BCUT2D eigenvalue weighted by molar-refractivity contribution is -0.116. The molecule has 0 aromatic heterocycles. The van der Waals surface area contributed by atoms with Crippen LogP contribution in [0.2, 0.25) is 0 Å². The first kappa shape index (κ1) is 20.4. The Morgan fingerprint density at radius 3 is 2.46 bits per heavy atom. The van der Waals surface area contributed by atoms with Crippen molar-refractivity contribution in [2.75, 3.05) is 52.4 Å². The Balaban J connectivity index is 2.76. The van der Waals surface area contributed by atoms with Gasteiger partial charge in [-0.1, -0.05) is 6.07 Å². The molecular weight excluding hydrogens is 330 g/mol. The van der Waals surface area contributed by atoms with Crippen LogP contribution in [0.25, 0.3) is 0 Å². The molecule has 136 valence electrons. The molecule has 0 spiro atoms. The van der Waals surface area contributed by atoms with Gasteiger partial charge in [0.25, 0.3) is 0 Å². The minimum atomic E-state index is -3.45. The van der Waals surface area contributed by atoms with Crippen molar-refractivity contribution in [2.45, 2.75) is 13.3 Å².